The number of nitro groups is 1. The molecule has 8 nitrogen and oxygen atoms in total. The van der Waals surface area contributed by atoms with E-state index in [0.29, 0.717) is 12.4 Å². The first-order chi connectivity index (χ1) is 10.2. The zero-order valence-electron chi connectivity index (χ0n) is 11.7. The maximum Gasteiger partial charge on any atom is 0.310 e. The van der Waals surface area contributed by atoms with Crippen molar-refractivity contribution in [3.63, 3.8) is 0 Å². The monoisotopic (exact) mass is 291 g/mol. The van der Waals surface area contributed by atoms with E-state index in [-0.39, 0.29) is 18.0 Å². The van der Waals surface area contributed by atoms with Gasteiger partial charge >= 0.3 is 5.69 Å². The van der Waals surface area contributed by atoms with Gasteiger partial charge in [0.15, 0.2) is 11.6 Å². The maximum absolute atomic E-state index is 11.0. The second-order valence-corrected chi connectivity index (χ2v) is 4.45. The molecule has 0 saturated heterocycles. The normalized spacial score (nSPS) is 10.6. The Hall–Kier alpha value is -2.48. The van der Waals surface area contributed by atoms with Crippen molar-refractivity contribution in [3.05, 3.63) is 46.0 Å². The van der Waals surface area contributed by atoms with E-state index in [1.54, 1.807) is 16.8 Å². The number of ether oxygens (including phenoxy) is 1. The molecule has 1 aromatic heterocycles. The van der Waals surface area contributed by atoms with Gasteiger partial charge in [-0.2, -0.15) is 5.10 Å². The second-order valence-electron chi connectivity index (χ2n) is 4.45. The number of hydrogen-bond acceptors (Lipinski definition) is 6. The van der Waals surface area contributed by atoms with Gasteiger partial charge in [0.2, 0.25) is 0 Å². The Morgan fingerprint density at radius 2 is 2.29 bits per heavy atom. The standard InChI is InChI=1S/C13H17N5O3/c1-2-5-17-13(15-9-16-17)8-21-12-6-10(7-14)3-4-11(12)18(19)20/h3-4,6,9H,2,5,7-8,14H2,1H3. The number of aryl methyl sites for hydroxylation is 1. The molecule has 2 aromatic rings. The average molecular weight is 291 g/mol. The Morgan fingerprint density at radius 3 is 2.95 bits per heavy atom. The van der Waals surface area contributed by atoms with Crippen molar-refractivity contribution >= 4 is 5.69 Å². The summed E-state index contributed by atoms with van der Waals surface area (Å²) in [5.41, 5.74) is 6.23. The number of nitrogens with two attached hydrogens (primary N) is 1. The summed E-state index contributed by atoms with van der Waals surface area (Å²) in [6.07, 6.45) is 2.36. The number of benzene rings is 1. The quantitative estimate of drug-likeness (QED) is 0.613. The van der Waals surface area contributed by atoms with Gasteiger partial charge in [-0.1, -0.05) is 13.0 Å². The van der Waals surface area contributed by atoms with Gasteiger partial charge in [-0.3, -0.25) is 10.1 Å². The summed E-state index contributed by atoms with van der Waals surface area (Å²) in [6, 6.07) is 4.59. The predicted octanol–water partition coefficient (Wildman–Crippen LogP) is 1.63. The van der Waals surface area contributed by atoms with Crippen LogP contribution in [0.15, 0.2) is 24.5 Å². The zero-order valence-corrected chi connectivity index (χ0v) is 11.7. The van der Waals surface area contributed by atoms with Crippen molar-refractivity contribution in [2.75, 3.05) is 0 Å². The summed E-state index contributed by atoms with van der Waals surface area (Å²) in [7, 11) is 0. The van der Waals surface area contributed by atoms with Gasteiger partial charge in [0, 0.05) is 19.2 Å². The molecule has 0 fully saturated rings. The summed E-state index contributed by atoms with van der Waals surface area (Å²) in [6.45, 7) is 3.17. The molecule has 2 N–H and O–H groups in total. The zero-order chi connectivity index (χ0) is 15.2. The van der Waals surface area contributed by atoms with E-state index in [2.05, 4.69) is 10.1 Å². The Kier molecular flexibility index (Phi) is 4.83. The lowest BCUT2D eigenvalue weighted by molar-refractivity contribution is -0.386. The summed E-state index contributed by atoms with van der Waals surface area (Å²) in [4.78, 5) is 14.6. The third-order valence-electron chi connectivity index (χ3n) is 2.94. The maximum atomic E-state index is 11.0. The van der Waals surface area contributed by atoms with Crippen LogP contribution < -0.4 is 10.5 Å². The Bertz CT molecular complexity index is 626. The van der Waals surface area contributed by atoms with Crippen molar-refractivity contribution < 1.29 is 9.66 Å². The minimum Gasteiger partial charge on any atom is -0.479 e. The van der Waals surface area contributed by atoms with Crippen molar-refractivity contribution in [2.24, 2.45) is 5.73 Å². The lowest BCUT2D eigenvalue weighted by atomic mass is 10.2. The van der Waals surface area contributed by atoms with Crippen LogP contribution in [0.2, 0.25) is 0 Å². The molecule has 1 heterocycles. The van der Waals surface area contributed by atoms with Gasteiger partial charge in [0.25, 0.3) is 0 Å². The van der Waals surface area contributed by atoms with E-state index in [9.17, 15) is 10.1 Å². The molecule has 0 aliphatic rings. The molecule has 0 bridgehead atoms. The predicted molar refractivity (Wildman–Crippen MR) is 75.6 cm³/mol. The summed E-state index contributed by atoms with van der Waals surface area (Å²) in [5.74, 6) is 0.818. The van der Waals surface area contributed by atoms with E-state index in [1.807, 2.05) is 6.92 Å². The van der Waals surface area contributed by atoms with E-state index in [1.165, 1.54) is 12.4 Å². The molecule has 0 atom stereocenters. The van der Waals surface area contributed by atoms with Crippen molar-refractivity contribution in [3.8, 4) is 5.75 Å². The van der Waals surface area contributed by atoms with Gasteiger partial charge in [-0.05, 0) is 18.1 Å². The number of hydrogen-bond donors (Lipinski definition) is 1. The molecule has 0 spiro atoms. The molecular formula is C13H17N5O3. The van der Waals surface area contributed by atoms with Crippen molar-refractivity contribution in [1.29, 1.82) is 0 Å². The molecular weight excluding hydrogens is 274 g/mol. The molecule has 0 saturated carbocycles. The topological polar surface area (TPSA) is 109 Å². The fraction of sp³-hybridized carbons (Fsp3) is 0.385. The number of aromatic nitrogens is 3. The molecule has 0 unspecified atom stereocenters. The lowest BCUT2D eigenvalue weighted by Crippen LogP contribution is -2.09. The molecule has 112 valence electrons. The van der Waals surface area contributed by atoms with Crippen LogP contribution in [-0.4, -0.2) is 19.7 Å². The second kappa shape index (κ2) is 6.80. The van der Waals surface area contributed by atoms with Gasteiger partial charge in [0.05, 0.1) is 4.92 Å². The average Bonchev–Trinajstić information content (AvgIpc) is 2.92. The fourth-order valence-electron chi connectivity index (χ4n) is 1.89. The molecule has 0 amide bonds. The number of nitro benzene ring substituents is 1. The third-order valence-corrected chi connectivity index (χ3v) is 2.94. The van der Waals surface area contributed by atoms with E-state index in [0.717, 1.165) is 18.5 Å². The van der Waals surface area contributed by atoms with Gasteiger partial charge in [0.1, 0.15) is 12.9 Å². The van der Waals surface area contributed by atoms with Crippen LogP contribution >= 0.6 is 0 Å². The molecule has 1 aromatic carbocycles. The molecule has 0 radical (unpaired) electrons. The first kappa shape index (κ1) is 14.9. The van der Waals surface area contributed by atoms with Crippen molar-refractivity contribution in [2.45, 2.75) is 33.0 Å². The molecule has 0 aliphatic carbocycles. The SMILES string of the molecule is CCCn1ncnc1COc1cc(CN)ccc1[N+](=O)[O-]. The van der Waals surface area contributed by atoms with Gasteiger partial charge in [-0.15, -0.1) is 0 Å². The van der Waals surface area contributed by atoms with Crippen LogP contribution in [0.5, 0.6) is 5.75 Å². The molecule has 2 rings (SSSR count). The third kappa shape index (κ3) is 3.54. The number of rotatable bonds is 7. The van der Waals surface area contributed by atoms with Crippen LogP contribution in [-0.2, 0) is 19.7 Å². The Labute approximate surface area is 121 Å². The summed E-state index contributed by atoms with van der Waals surface area (Å²) >= 11 is 0. The summed E-state index contributed by atoms with van der Waals surface area (Å²) in [5, 5.41) is 15.1. The molecule has 0 aliphatic heterocycles. The Balaban J connectivity index is 2.18. The minimum atomic E-state index is -0.480. The highest BCUT2D eigenvalue weighted by Crippen LogP contribution is 2.28. The summed E-state index contributed by atoms with van der Waals surface area (Å²) < 4.78 is 7.27. The largest absolute Gasteiger partial charge is 0.479 e. The van der Waals surface area contributed by atoms with Crippen LogP contribution in [0.4, 0.5) is 5.69 Å². The first-order valence-electron chi connectivity index (χ1n) is 6.62. The first-order valence-corrected chi connectivity index (χ1v) is 6.62. The minimum absolute atomic E-state index is 0.0891. The Morgan fingerprint density at radius 1 is 1.48 bits per heavy atom. The van der Waals surface area contributed by atoms with Crippen LogP contribution in [0.25, 0.3) is 0 Å². The van der Waals surface area contributed by atoms with E-state index in [4.69, 9.17) is 10.5 Å². The van der Waals surface area contributed by atoms with Crippen LogP contribution in [0.3, 0.4) is 0 Å². The smallest absolute Gasteiger partial charge is 0.310 e. The highest BCUT2D eigenvalue weighted by atomic mass is 16.6. The molecule has 21 heavy (non-hydrogen) atoms. The number of nitrogens with zero attached hydrogens (tertiary/aromatic N) is 4. The van der Waals surface area contributed by atoms with Crippen LogP contribution in [0.1, 0.15) is 24.7 Å². The highest BCUT2D eigenvalue weighted by molar-refractivity contribution is 5.48. The lowest BCUT2D eigenvalue weighted by Gasteiger charge is -2.09. The van der Waals surface area contributed by atoms with Gasteiger partial charge in [-0.25, -0.2) is 9.67 Å². The fourth-order valence-corrected chi connectivity index (χ4v) is 1.89. The highest BCUT2D eigenvalue weighted by Gasteiger charge is 2.16. The van der Waals surface area contributed by atoms with Crippen LogP contribution in [0, 0.1) is 10.1 Å². The van der Waals surface area contributed by atoms with E-state index < -0.39 is 4.92 Å². The van der Waals surface area contributed by atoms with E-state index >= 15 is 0 Å². The van der Waals surface area contributed by atoms with Crippen molar-refractivity contribution in [1.82, 2.24) is 14.8 Å². The molecule has 8 heteroatoms. The van der Waals surface area contributed by atoms with Gasteiger partial charge < -0.3 is 10.5 Å².